The van der Waals surface area contributed by atoms with Crippen LogP contribution in [-0.2, 0) is 0 Å². The lowest BCUT2D eigenvalue weighted by atomic mass is 9.96. The van der Waals surface area contributed by atoms with E-state index in [2.05, 4.69) is 12.1 Å². The van der Waals surface area contributed by atoms with Crippen LogP contribution < -0.4 is 0 Å². The van der Waals surface area contributed by atoms with E-state index in [0.29, 0.717) is 11.1 Å². The minimum absolute atomic E-state index is 0.453. The van der Waals surface area contributed by atoms with Gasteiger partial charge < -0.3 is 0 Å². The zero-order valence-corrected chi connectivity index (χ0v) is 8.28. The molecule has 0 heterocycles. The number of nitrogens with zero attached hydrogens (tertiary/aromatic N) is 2. The molecular formula is C13H8N2. The lowest BCUT2D eigenvalue weighted by Gasteiger charge is -2.05. The van der Waals surface area contributed by atoms with Gasteiger partial charge in [-0.15, -0.1) is 0 Å². The smallest absolute Gasteiger partial charge is 0.101 e. The van der Waals surface area contributed by atoms with Crippen molar-refractivity contribution in [1.82, 2.24) is 0 Å². The molecule has 2 nitrogen and oxygen atoms in total. The molecule has 0 bridgehead atoms. The van der Waals surface area contributed by atoms with Gasteiger partial charge in [0, 0.05) is 0 Å². The van der Waals surface area contributed by atoms with Gasteiger partial charge >= 0.3 is 0 Å². The number of hydrogen-bond acceptors (Lipinski definition) is 2. The molecular weight excluding hydrogens is 184 g/mol. The SMILES string of the molecule is Cc1c(C#N)c(C#N)cc2ccccc12. The average molecular weight is 192 g/mol. The standard InChI is InChI=1S/C13H8N2/c1-9-12-5-3-2-4-10(12)6-11(7-14)13(9)8-15/h2-6H,1H3. The first-order chi connectivity index (χ1) is 7.27. The molecule has 0 atom stereocenters. The van der Waals surface area contributed by atoms with E-state index < -0.39 is 0 Å². The van der Waals surface area contributed by atoms with Crippen LogP contribution in [0.15, 0.2) is 30.3 Å². The maximum atomic E-state index is 8.99. The summed E-state index contributed by atoms with van der Waals surface area (Å²) in [6, 6.07) is 13.7. The van der Waals surface area contributed by atoms with Crippen LogP contribution >= 0.6 is 0 Å². The summed E-state index contributed by atoms with van der Waals surface area (Å²) < 4.78 is 0. The minimum Gasteiger partial charge on any atom is -0.192 e. The van der Waals surface area contributed by atoms with Gasteiger partial charge in [-0.1, -0.05) is 24.3 Å². The van der Waals surface area contributed by atoms with Gasteiger partial charge in [-0.25, -0.2) is 0 Å². The van der Waals surface area contributed by atoms with Crippen LogP contribution in [-0.4, -0.2) is 0 Å². The second kappa shape index (κ2) is 3.44. The van der Waals surface area contributed by atoms with Gasteiger partial charge in [-0.3, -0.25) is 0 Å². The average Bonchev–Trinajstić information content (AvgIpc) is 2.29. The first kappa shape index (κ1) is 9.24. The number of rotatable bonds is 0. The molecule has 0 amide bonds. The van der Waals surface area contributed by atoms with E-state index in [4.69, 9.17) is 10.5 Å². The Labute approximate surface area is 88.0 Å². The molecule has 2 aromatic rings. The van der Waals surface area contributed by atoms with E-state index in [1.807, 2.05) is 31.2 Å². The van der Waals surface area contributed by atoms with Crippen LogP contribution in [0.4, 0.5) is 0 Å². The molecule has 0 fully saturated rings. The Kier molecular flexibility index (Phi) is 2.12. The van der Waals surface area contributed by atoms with Gasteiger partial charge in [0.05, 0.1) is 11.1 Å². The van der Waals surface area contributed by atoms with Crippen molar-refractivity contribution in [3.8, 4) is 12.1 Å². The van der Waals surface area contributed by atoms with Gasteiger partial charge in [-0.2, -0.15) is 10.5 Å². The molecule has 0 radical (unpaired) electrons. The van der Waals surface area contributed by atoms with E-state index in [9.17, 15) is 0 Å². The van der Waals surface area contributed by atoms with Crippen molar-refractivity contribution in [2.45, 2.75) is 6.92 Å². The molecule has 0 aliphatic carbocycles. The van der Waals surface area contributed by atoms with Crippen molar-refractivity contribution in [1.29, 1.82) is 10.5 Å². The first-order valence-electron chi connectivity index (χ1n) is 4.60. The van der Waals surface area contributed by atoms with Gasteiger partial charge in [-0.05, 0) is 29.3 Å². The van der Waals surface area contributed by atoms with E-state index in [1.54, 1.807) is 6.07 Å². The number of aryl methyl sites for hydroxylation is 1. The fourth-order valence-electron chi connectivity index (χ4n) is 1.76. The summed E-state index contributed by atoms with van der Waals surface area (Å²) in [5.74, 6) is 0. The van der Waals surface area contributed by atoms with E-state index >= 15 is 0 Å². The monoisotopic (exact) mass is 192 g/mol. The van der Waals surface area contributed by atoms with Gasteiger partial charge in [0.25, 0.3) is 0 Å². The van der Waals surface area contributed by atoms with Crippen molar-refractivity contribution in [2.24, 2.45) is 0 Å². The third-order valence-electron chi connectivity index (χ3n) is 2.54. The van der Waals surface area contributed by atoms with Gasteiger partial charge in [0.1, 0.15) is 12.1 Å². The summed E-state index contributed by atoms with van der Waals surface area (Å²) in [5, 5.41) is 20.0. The Morgan fingerprint density at radius 2 is 1.80 bits per heavy atom. The molecule has 0 saturated carbocycles. The highest BCUT2D eigenvalue weighted by Crippen LogP contribution is 2.24. The van der Waals surface area contributed by atoms with Crippen molar-refractivity contribution in [2.75, 3.05) is 0 Å². The fraction of sp³-hybridized carbons (Fsp3) is 0.0769. The summed E-state index contributed by atoms with van der Waals surface area (Å²) in [5.41, 5.74) is 1.82. The van der Waals surface area contributed by atoms with Crippen LogP contribution in [0.1, 0.15) is 16.7 Å². The Morgan fingerprint density at radius 3 is 2.47 bits per heavy atom. The maximum absolute atomic E-state index is 8.99. The molecule has 2 heteroatoms. The fourth-order valence-corrected chi connectivity index (χ4v) is 1.76. The van der Waals surface area contributed by atoms with Gasteiger partial charge in [0.2, 0.25) is 0 Å². The van der Waals surface area contributed by atoms with E-state index in [-0.39, 0.29) is 0 Å². The first-order valence-corrected chi connectivity index (χ1v) is 4.60. The second-order valence-electron chi connectivity index (χ2n) is 3.37. The molecule has 0 N–H and O–H groups in total. The Bertz CT molecular complexity index is 613. The molecule has 15 heavy (non-hydrogen) atoms. The van der Waals surface area contributed by atoms with Crippen molar-refractivity contribution >= 4 is 10.8 Å². The van der Waals surface area contributed by atoms with Crippen LogP contribution in [0.25, 0.3) is 10.8 Å². The molecule has 2 rings (SSSR count). The summed E-state index contributed by atoms with van der Waals surface area (Å²) in [6.07, 6.45) is 0. The third kappa shape index (κ3) is 1.33. The molecule has 0 aromatic heterocycles. The number of fused-ring (bicyclic) bond motifs is 1. The molecule has 0 aliphatic rings. The second-order valence-corrected chi connectivity index (χ2v) is 3.37. The number of benzene rings is 2. The number of nitriles is 2. The van der Waals surface area contributed by atoms with E-state index in [0.717, 1.165) is 16.3 Å². The Morgan fingerprint density at radius 1 is 1.07 bits per heavy atom. The highest BCUT2D eigenvalue weighted by Gasteiger charge is 2.08. The summed E-state index contributed by atoms with van der Waals surface area (Å²) in [6.45, 7) is 1.88. The van der Waals surface area contributed by atoms with Gasteiger partial charge in [0.15, 0.2) is 0 Å². The van der Waals surface area contributed by atoms with Crippen LogP contribution in [0.2, 0.25) is 0 Å². The summed E-state index contributed by atoms with van der Waals surface area (Å²) >= 11 is 0. The lowest BCUT2D eigenvalue weighted by molar-refractivity contribution is 1.39. The van der Waals surface area contributed by atoms with Crippen LogP contribution in [0, 0.1) is 29.6 Å². The quantitative estimate of drug-likeness (QED) is 0.644. The van der Waals surface area contributed by atoms with Crippen molar-refractivity contribution in [3.05, 3.63) is 47.0 Å². The predicted octanol–water partition coefficient (Wildman–Crippen LogP) is 2.89. The van der Waals surface area contributed by atoms with Crippen molar-refractivity contribution < 1.29 is 0 Å². The van der Waals surface area contributed by atoms with Crippen LogP contribution in [0.5, 0.6) is 0 Å². The zero-order valence-electron chi connectivity index (χ0n) is 8.28. The highest BCUT2D eigenvalue weighted by molar-refractivity contribution is 5.89. The zero-order chi connectivity index (χ0) is 10.8. The van der Waals surface area contributed by atoms with Crippen LogP contribution in [0.3, 0.4) is 0 Å². The molecule has 70 valence electrons. The normalized spacial score (nSPS) is 9.53. The molecule has 0 spiro atoms. The lowest BCUT2D eigenvalue weighted by Crippen LogP contribution is -1.90. The van der Waals surface area contributed by atoms with Crippen molar-refractivity contribution in [3.63, 3.8) is 0 Å². The molecule has 0 unspecified atom stereocenters. The topological polar surface area (TPSA) is 47.6 Å². The summed E-state index contributed by atoms with van der Waals surface area (Å²) in [7, 11) is 0. The highest BCUT2D eigenvalue weighted by atomic mass is 14.3. The Hall–Kier alpha value is -2.32. The van der Waals surface area contributed by atoms with E-state index in [1.165, 1.54) is 0 Å². The molecule has 2 aromatic carbocycles. The molecule has 0 aliphatic heterocycles. The third-order valence-corrected chi connectivity index (χ3v) is 2.54. The Balaban J connectivity index is 2.97. The maximum Gasteiger partial charge on any atom is 0.101 e. The number of hydrogen-bond donors (Lipinski definition) is 0. The molecule has 0 saturated heterocycles. The summed E-state index contributed by atoms with van der Waals surface area (Å²) in [4.78, 5) is 0. The minimum atomic E-state index is 0.453. The predicted molar refractivity (Wildman–Crippen MR) is 58.1 cm³/mol. The largest absolute Gasteiger partial charge is 0.192 e.